The maximum atomic E-state index is 13.5. The number of rotatable bonds is 0. The van der Waals surface area contributed by atoms with Gasteiger partial charge in [-0.3, -0.25) is 4.79 Å². The molecule has 2 aliphatic carbocycles. The van der Waals surface area contributed by atoms with E-state index in [-0.39, 0.29) is 0 Å². The zero-order valence-electron chi connectivity index (χ0n) is 8.24. The molecule has 0 heterocycles. The average molecular weight is 248 g/mol. The van der Waals surface area contributed by atoms with Crippen molar-refractivity contribution in [3.8, 4) is 0 Å². The third-order valence-corrected chi connectivity index (χ3v) is 3.41. The standard InChI is InChI=1S/C11H5F5O/c12-6-2-1-4-8-5(3-7(17)9(6)8)11(15,16)10(4,13)14/h1-2,5H,3H2. The summed E-state index contributed by atoms with van der Waals surface area (Å²) in [6, 6.07) is 1.28. The van der Waals surface area contributed by atoms with Crippen LogP contribution in [0.1, 0.15) is 33.8 Å². The van der Waals surface area contributed by atoms with Gasteiger partial charge in [0.15, 0.2) is 5.78 Å². The fourth-order valence-corrected chi connectivity index (χ4v) is 2.61. The summed E-state index contributed by atoms with van der Waals surface area (Å²) >= 11 is 0. The molecule has 0 saturated heterocycles. The van der Waals surface area contributed by atoms with E-state index in [2.05, 4.69) is 0 Å². The lowest BCUT2D eigenvalue weighted by Crippen LogP contribution is -2.36. The molecule has 1 unspecified atom stereocenters. The first kappa shape index (κ1) is 10.7. The van der Waals surface area contributed by atoms with Gasteiger partial charge in [0, 0.05) is 12.0 Å². The second kappa shape index (κ2) is 2.68. The van der Waals surface area contributed by atoms with Crippen molar-refractivity contribution in [1.29, 1.82) is 0 Å². The Bertz CT molecular complexity index is 549. The van der Waals surface area contributed by atoms with Crippen LogP contribution in [-0.4, -0.2) is 11.7 Å². The Morgan fingerprint density at radius 2 is 1.82 bits per heavy atom. The van der Waals surface area contributed by atoms with Crippen molar-refractivity contribution in [2.75, 3.05) is 0 Å². The van der Waals surface area contributed by atoms with Crippen LogP contribution in [0.4, 0.5) is 22.0 Å². The lowest BCUT2D eigenvalue weighted by Gasteiger charge is -2.23. The molecule has 0 bridgehead atoms. The number of benzene rings is 1. The maximum Gasteiger partial charge on any atom is 0.336 e. The van der Waals surface area contributed by atoms with Gasteiger partial charge in [0.1, 0.15) is 5.82 Å². The van der Waals surface area contributed by atoms with E-state index < -0.39 is 52.5 Å². The number of carbonyl (C=O) groups excluding carboxylic acids is 1. The van der Waals surface area contributed by atoms with Crippen molar-refractivity contribution in [2.45, 2.75) is 24.2 Å². The molecule has 0 aromatic heterocycles. The highest BCUT2D eigenvalue weighted by molar-refractivity contribution is 6.02. The van der Waals surface area contributed by atoms with Crippen LogP contribution in [0.5, 0.6) is 0 Å². The predicted molar refractivity (Wildman–Crippen MR) is 46.9 cm³/mol. The smallest absolute Gasteiger partial charge is 0.294 e. The Labute approximate surface area is 92.2 Å². The third-order valence-electron chi connectivity index (χ3n) is 3.41. The minimum Gasteiger partial charge on any atom is -0.294 e. The second-order valence-corrected chi connectivity index (χ2v) is 4.26. The minimum absolute atomic E-state index is 0.509. The van der Waals surface area contributed by atoms with E-state index in [1.807, 2.05) is 0 Å². The molecule has 0 radical (unpaired) electrons. The summed E-state index contributed by atoms with van der Waals surface area (Å²) in [6.07, 6.45) is -0.758. The van der Waals surface area contributed by atoms with E-state index in [4.69, 9.17) is 0 Å². The lowest BCUT2D eigenvalue weighted by atomic mass is 10.0. The lowest BCUT2D eigenvalue weighted by molar-refractivity contribution is -0.214. The second-order valence-electron chi connectivity index (χ2n) is 4.26. The first-order valence-electron chi connectivity index (χ1n) is 4.90. The number of hydrogen-bond acceptors (Lipinski definition) is 1. The molecular weight excluding hydrogens is 243 g/mol. The van der Waals surface area contributed by atoms with Gasteiger partial charge in [-0.2, -0.15) is 17.6 Å². The summed E-state index contributed by atoms with van der Waals surface area (Å²) in [7, 11) is 0. The van der Waals surface area contributed by atoms with Gasteiger partial charge in [-0.05, 0) is 17.7 Å². The molecule has 0 aliphatic heterocycles. The monoisotopic (exact) mass is 248 g/mol. The van der Waals surface area contributed by atoms with Gasteiger partial charge in [0.2, 0.25) is 0 Å². The van der Waals surface area contributed by atoms with Crippen molar-refractivity contribution in [1.82, 2.24) is 0 Å². The van der Waals surface area contributed by atoms with Gasteiger partial charge in [-0.25, -0.2) is 4.39 Å². The van der Waals surface area contributed by atoms with E-state index >= 15 is 0 Å². The number of alkyl halides is 4. The molecule has 2 aliphatic rings. The molecular formula is C11H5F5O. The van der Waals surface area contributed by atoms with E-state index in [1.165, 1.54) is 0 Å². The summed E-state index contributed by atoms with van der Waals surface area (Å²) in [6.45, 7) is 0. The molecule has 1 aromatic carbocycles. The maximum absolute atomic E-state index is 13.5. The van der Waals surface area contributed by atoms with Crippen LogP contribution >= 0.6 is 0 Å². The Balaban J connectivity index is 2.40. The molecule has 0 N–H and O–H groups in total. The molecule has 6 heteroatoms. The molecule has 90 valence electrons. The molecule has 0 spiro atoms. The predicted octanol–water partition coefficient (Wildman–Crippen LogP) is 3.24. The first-order valence-corrected chi connectivity index (χ1v) is 4.90. The van der Waals surface area contributed by atoms with Gasteiger partial charge >= 0.3 is 11.8 Å². The van der Waals surface area contributed by atoms with E-state index in [1.54, 1.807) is 0 Å². The number of halogens is 5. The molecule has 1 atom stereocenters. The van der Waals surface area contributed by atoms with Crippen molar-refractivity contribution in [2.24, 2.45) is 0 Å². The number of Topliss-reactive ketones (excluding diaryl/α,β-unsaturated/α-hetero) is 1. The molecule has 0 amide bonds. The third kappa shape index (κ3) is 0.970. The summed E-state index contributed by atoms with van der Waals surface area (Å²) in [4.78, 5) is 11.4. The molecule has 0 fully saturated rings. The van der Waals surface area contributed by atoms with Gasteiger partial charge in [0.05, 0.1) is 11.5 Å². The summed E-state index contributed by atoms with van der Waals surface area (Å²) < 4.78 is 67.2. The minimum atomic E-state index is -4.34. The first-order chi connectivity index (χ1) is 7.78. The summed E-state index contributed by atoms with van der Waals surface area (Å²) in [5, 5.41) is 0. The highest BCUT2D eigenvalue weighted by atomic mass is 19.3. The van der Waals surface area contributed by atoms with Crippen LogP contribution in [0.15, 0.2) is 12.1 Å². The number of hydrogen-bond donors (Lipinski definition) is 0. The number of ketones is 1. The molecule has 1 nitrogen and oxygen atoms in total. The van der Waals surface area contributed by atoms with Gasteiger partial charge < -0.3 is 0 Å². The Morgan fingerprint density at radius 1 is 1.18 bits per heavy atom. The Kier molecular flexibility index (Phi) is 1.68. The van der Waals surface area contributed by atoms with Crippen LogP contribution in [0.3, 0.4) is 0 Å². The van der Waals surface area contributed by atoms with E-state index in [0.717, 1.165) is 0 Å². The van der Waals surface area contributed by atoms with Gasteiger partial charge in [-0.15, -0.1) is 0 Å². The van der Waals surface area contributed by atoms with Gasteiger partial charge in [0.25, 0.3) is 0 Å². The van der Waals surface area contributed by atoms with E-state index in [0.29, 0.717) is 12.1 Å². The number of carbonyl (C=O) groups is 1. The Hall–Kier alpha value is -1.46. The summed E-state index contributed by atoms with van der Waals surface area (Å²) in [5.74, 6) is -12.4. The van der Waals surface area contributed by atoms with Crippen LogP contribution in [-0.2, 0) is 5.92 Å². The highest BCUT2D eigenvalue weighted by Gasteiger charge is 2.71. The topological polar surface area (TPSA) is 17.1 Å². The largest absolute Gasteiger partial charge is 0.336 e. The molecule has 3 rings (SSSR count). The fraction of sp³-hybridized carbons (Fsp3) is 0.364. The van der Waals surface area contributed by atoms with Crippen molar-refractivity contribution in [3.63, 3.8) is 0 Å². The van der Waals surface area contributed by atoms with Gasteiger partial charge in [-0.1, -0.05) is 0 Å². The van der Waals surface area contributed by atoms with Crippen LogP contribution < -0.4 is 0 Å². The summed E-state index contributed by atoms with van der Waals surface area (Å²) in [5.41, 5.74) is -2.02. The average Bonchev–Trinajstić information content (AvgIpc) is 2.63. The fourth-order valence-electron chi connectivity index (χ4n) is 2.61. The molecule has 17 heavy (non-hydrogen) atoms. The van der Waals surface area contributed by atoms with Crippen LogP contribution in [0, 0.1) is 5.82 Å². The van der Waals surface area contributed by atoms with E-state index in [9.17, 15) is 26.7 Å². The quantitative estimate of drug-likeness (QED) is 0.644. The Morgan fingerprint density at radius 3 is 2.47 bits per heavy atom. The van der Waals surface area contributed by atoms with Crippen molar-refractivity contribution < 1.29 is 26.7 Å². The van der Waals surface area contributed by atoms with Crippen molar-refractivity contribution >= 4 is 5.78 Å². The molecule has 0 saturated carbocycles. The normalized spacial score (nSPS) is 27.4. The SMILES string of the molecule is O=C1CC2c3c(ccc(F)c31)C(F)(F)C2(F)F. The zero-order valence-corrected chi connectivity index (χ0v) is 8.24. The highest BCUT2D eigenvalue weighted by Crippen LogP contribution is 2.62. The molecule has 1 aromatic rings. The van der Waals surface area contributed by atoms with Crippen LogP contribution in [0.25, 0.3) is 0 Å². The van der Waals surface area contributed by atoms with Crippen LogP contribution in [0.2, 0.25) is 0 Å². The zero-order chi connectivity index (χ0) is 12.6. The van der Waals surface area contributed by atoms with Crippen molar-refractivity contribution in [3.05, 3.63) is 34.6 Å².